The first kappa shape index (κ1) is 13.2. The molecule has 4 nitrogen and oxygen atoms in total. The topological polar surface area (TPSA) is 49.6 Å². The number of likely N-dealkylation sites (N-methyl/N-ethyl adjacent to an activating group) is 1. The van der Waals surface area contributed by atoms with E-state index in [1.54, 1.807) is 7.05 Å². The Morgan fingerprint density at radius 3 is 2.69 bits per heavy atom. The predicted molar refractivity (Wildman–Crippen MR) is 52.7 cm³/mol. The minimum absolute atomic E-state index is 0.0187. The number of carbonyl (C=O) groups is 1. The van der Waals surface area contributed by atoms with E-state index >= 15 is 0 Å². The van der Waals surface area contributed by atoms with E-state index in [2.05, 4.69) is 0 Å². The van der Waals surface area contributed by atoms with Gasteiger partial charge in [-0.25, -0.2) is 0 Å². The highest BCUT2D eigenvalue weighted by atomic mass is 19.4. The summed E-state index contributed by atoms with van der Waals surface area (Å²) in [6.45, 7) is 1.38. The fourth-order valence-corrected chi connectivity index (χ4v) is 1.85. The van der Waals surface area contributed by atoms with Gasteiger partial charge in [0.25, 0.3) is 0 Å². The van der Waals surface area contributed by atoms with E-state index in [9.17, 15) is 18.0 Å². The number of amides is 1. The maximum atomic E-state index is 12.2. The second kappa shape index (κ2) is 5.01. The normalized spacial score (nSPS) is 21.9. The average Bonchev–Trinajstić information content (AvgIpc) is 2.64. The molecule has 0 aromatic carbocycles. The third-order valence-corrected chi connectivity index (χ3v) is 2.80. The van der Waals surface area contributed by atoms with Crippen LogP contribution in [0.5, 0.6) is 0 Å². The van der Waals surface area contributed by atoms with Gasteiger partial charge in [-0.15, -0.1) is 0 Å². The summed E-state index contributed by atoms with van der Waals surface area (Å²) in [5, 5.41) is 0. The Kier molecular flexibility index (Phi) is 4.15. The van der Waals surface area contributed by atoms with Crippen LogP contribution >= 0.6 is 0 Å². The number of carbonyl (C=O) groups excluding carboxylic acids is 1. The van der Waals surface area contributed by atoms with Gasteiger partial charge in [-0.1, -0.05) is 0 Å². The second-order valence-corrected chi connectivity index (χ2v) is 3.96. The van der Waals surface area contributed by atoms with Crippen LogP contribution in [0.2, 0.25) is 0 Å². The molecule has 1 heterocycles. The summed E-state index contributed by atoms with van der Waals surface area (Å²) in [7, 11) is 1.80. The SMILES string of the molecule is CN(CCN)C1CCN(C(=O)C(F)(F)F)C1. The largest absolute Gasteiger partial charge is 0.471 e. The van der Waals surface area contributed by atoms with E-state index in [1.807, 2.05) is 4.90 Å². The maximum absolute atomic E-state index is 12.2. The summed E-state index contributed by atoms with van der Waals surface area (Å²) in [5.41, 5.74) is 5.36. The van der Waals surface area contributed by atoms with Crippen LogP contribution in [0.1, 0.15) is 6.42 Å². The third-order valence-electron chi connectivity index (χ3n) is 2.80. The number of alkyl halides is 3. The Bertz CT molecular complexity index is 257. The molecule has 1 aliphatic rings. The van der Waals surface area contributed by atoms with Crippen molar-refractivity contribution in [3.63, 3.8) is 0 Å². The fourth-order valence-electron chi connectivity index (χ4n) is 1.85. The maximum Gasteiger partial charge on any atom is 0.471 e. The van der Waals surface area contributed by atoms with Crippen molar-refractivity contribution in [2.24, 2.45) is 5.73 Å². The molecule has 1 amide bonds. The lowest BCUT2D eigenvalue weighted by Crippen LogP contribution is -2.42. The van der Waals surface area contributed by atoms with Crippen molar-refractivity contribution in [3.05, 3.63) is 0 Å². The molecule has 0 aromatic rings. The summed E-state index contributed by atoms with van der Waals surface area (Å²) >= 11 is 0. The van der Waals surface area contributed by atoms with Gasteiger partial charge in [0.2, 0.25) is 0 Å². The monoisotopic (exact) mass is 239 g/mol. The van der Waals surface area contributed by atoms with Crippen LogP contribution in [0.25, 0.3) is 0 Å². The Hall–Kier alpha value is -0.820. The Balaban J connectivity index is 2.49. The molecule has 0 aromatic heterocycles. The number of hydrogen-bond acceptors (Lipinski definition) is 3. The molecule has 1 saturated heterocycles. The molecule has 1 fully saturated rings. The second-order valence-electron chi connectivity index (χ2n) is 3.96. The van der Waals surface area contributed by atoms with E-state index < -0.39 is 12.1 Å². The van der Waals surface area contributed by atoms with Crippen molar-refractivity contribution < 1.29 is 18.0 Å². The van der Waals surface area contributed by atoms with E-state index in [1.165, 1.54) is 0 Å². The van der Waals surface area contributed by atoms with Gasteiger partial charge in [-0.3, -0.25) is 4.79 Å². The highest BCUT2D eigenvalue weighted by Crippen LogP contribution is 2.23. The van der Waals surface area contributed by atoms with Crippen LogP contribution in [-0.2, 0) is 4.79 Å². The Morgan fingerprint density at radius 2 is 2.19 bits per heavy atom. The van der Waals surface area contributed by atoms with Crippen molar-refractivity contribution in [1.82, 2.24) is 9.80 Å². The van der Waals surface area contributed by atoms with Crippen LogP contribution in [0, 0.1) is 0 Å². The summed E-state index contributed by atoms with van der Waals surface area (Å²) in [6, 6.07) is -0.0187. The zero-order chi connectivity index (χ0) is 12.3. The van der Waals surface area contributed by atoms with Crippen molar-refractivity contribution in [2.45, 2.75) is 18.6 Å². The number of halogens is 3. The zero-order valence-corrected chi connectivity index (χ0v) is 9.13. The minimum atomic E-state index is -4.76. The average molecular weight is 239 g/mol. The zero-order valence-electron chi connectivity index (χ0n) is 9.13. The molecular weight excluding hydrogens is 223 g/mol. The first-order valence-electron chi connectivity index (χ1n) is 5.12. The smallest absolute Gasteiger partial charge is 0.333 e. The Morgan fingerprint density at radius 1 is 1.56 bits per heavy atom. The Labute approximate surface area is 92.2 Å². The van der Waals surface area contributed by atoms with Gasteiger partial charge in [-0.2, -0.15) is 13.2 Å². The molecule has 1 rings (SSSR count). The molecule has 0 bridgehead atoms. The number of nitrogens with two attached hydrogens (primary N) is 1. The van der Waals surface area contributed by atoms with E-state index in [0.29, 0.717) is 19.5 Å². The van der Waals surface area contributed by atoms with Crippen LogP contribution in [0.4, 0.5) is 13.2 Å². The lowest BCUT2D eigenvalue weighted by Gasteiger charge is -2.24. The van der Waals surface area contributed by atoms with Gasteiger partial charge in [0.15, 0.2) is 0 Å². The highest BCUT2D eigenvalue weighted by Gasteiger charge is 2.44. The minimum Gasteiger partial charge on any atom is -0.333 e. The number of nitrogens with zero attached hydrogens (tertiary/aromatic N) is 2. The van der Waals surface area contributed by atoms with Crippen molar-refractivity contribution >= 4 is 5.91 Å². The number of hydrogen-bond donors (Lipinski definition) is 1. The number of likely N-dealkylation sites (tertiary alicyclic amines) is 1. The third kappa shape index (κ3) is 3.08. The van der Waals surface area contributed by atoms with Crippen LogP contribution in [0.3, 0.4) is 0 Å². The van der Waals surface area contributed by atoms with E-state index in [4.69, 9.17) is 5.73 Å². The quantitative estimate of drug-likeness (QED) is 0.756. The molecule has 0 spiro atoms. The molecule has 94 valence electrons. The lowest BCUT2D eigenvalue weighted by atomic mass is 10.2. The first-order valence-corrected chi connectivity index (χ1v) is 5.12. The van der Waals surface area contributed by atoms with Gasteiger partial charge in [0.1, 0.15) is 0 Å². The van der Waals surface area contributed by atoms with Gasteiger partial charge < -0.3 is 15.5 Å². The number of rotatable bonds is 3. The molecule has 7 heteroatoms. The van der Waals surface area contributed by atoms with Crippen LogP contribution in [-0.4, -0.2) is 61.2 Å². The van der Waals surface area contributed by atoms with Crippen molar-refractivity contribution in [3.8, 4) is 0 Å². The van der Waals surface area contributed by atoms with Crippen LogP contribution in [0.15, 0.2) is 0 Å². The van der Waals surface area contributed by atoms with Gasteiger partial charge >= 0.3 is 12.1 Å². The summed E-state index contributed by atoms with van der Waals surface area (Å²) < 4.78 is 36.5. The predicted octanol–water partition coefficient (Wildman–Crippen LogP) is 0.0401. The van der Waals surface area contributed by atoms with Crippen LogP contribution < -0.4 is 5.73 Å². The van der Waals surface area contributed by atoms with Crippen molar-refractivity contribution in [1.29, 1.82) is 0 Å². The molecule has 16 heavy (non-hydrogen) atoms. The van der Waals surface area contributed by atoms with Gasteiger partial charge in [-0.05, 0) is 13.5 Å². The highest BCUT2D eigenvalue weighted by molar-refractivity contribution is 5.82. The molecule has 0 saturated carbocycles. The molecule has 1 aliphatic heterocycles. The molecule has 2 N–H and O–H groups in total. The van der Waals surface area contributed by atoms with Gasteiger partial charge in [0.05, 0.1) is 0 Å². The lowest BCUT2D eigenvalue weighted by molar-refractivity contribution is -0.184. The summed E-state index contributed by atoms with van der Waals surface area (Å²) in [6.07, 6.45) is -4.19. The molecule has 1 unspecified atom stereocenters. The van der Waals surface area contributed by atoms with E-state index in [-0.39, 0.29) is 19.1 Å². The molecule has 0 aliphatic carbocycles. The summed E-state index contributed by atoms with van der Waals surface area (Å²) in [4.78, 5) is 13.7. The standard InChI is InChI=1S/C9H16F3N3O/c1-14(5-3-13)7-2-4-15(6-7)8(16)9(10,11)12/h7H,2-6,13H2,1H3. The van der Waals surface area contributed by atoms with Gasteiger partial charge in [0, 0.05) is 32.2 Å². The van der Waals surface area contributed by atoms with E-state index in [0.717, 1.165) is 4.90 Å². The molecule has 1 atom stereocenters. The molecular formula is C9H16F3N3O. The summed E-state index contributed by atoms with van der Waals surface area (Å²) in [5.74, 6) is -1.74. The molecule has 0 radical (unpaired) electrons. The van der Waals surface area contributed by atoms with Crippen molar-refractivity contribution in [2.75, 3.05) is 33.2 Å². The first-order chi connectivity index (χ1) is 7.36. The fraction of sp³-hybridized carbons (Fsp3) is 0.889.